The first-order valence-electron chi connectivity index (χ1n) is 10.5. The van der Waals surface area contributed by atoms with Crippen LogP contribution in [0.15, 0.2) is 48.9 Å². The Morgan fingerprint density at radius 3 is 2.71 bits per heavy atom. The quantitative estimate of drug-likeness (QED) is 0.581. The first-order valence-corrected chi connectivity index (χ1v) is 10.5. The average Bonchev–Trinajstić information content (AvgIpc) is 3.03. The van der Waals surface area contributed by atoms with E-state index in [2.05, 4.69) is 27.6 Å². The summed E-state index contributed by atoms with van der Waals surface area (Å²) in [5.74, 6) is 0.399. The molecule has 2 atom stereocenters. The van der Waals surface area contributed by atoms with Crippen molar-refractivity contribution in [3.05, 3.63) is 60.2 Å². The van der Waals surface area contributed by atoms with Gasteiger partial charge in [0.1, 0.15) is 0 Å². The smallest absolute Gasteiger partial charge is 0.290 e. The largest absolute Gasteiger partial charge is 0.483 e. The number of imidazole rings is 1. The molecule has 0 radical (unpaired) electrons. The molecule has 0 aliphatic carbocycles. The second-order valence-corrected chi connectivity index (χ2v) is 7.79. The van der Waals surface area contributed by atoms with E-state index in [9.17, 15) is 4.79 Å². The highest BCUT2D eigenvalue weighted by atomic mass is 16.5. The topological polar surface area (TPSA) is 87.9 Å². The predicted octanol–water partition coefficient (Wildman–Crippen LogP) is 1.98. The van der Waals surface area contributed by atoms with E-state index in [1.54, 1.807) is 6.08 Å². The summed E-state index contributed by atoms with van der Waals surface area (Å²) in [7, 11) is 0. The molecule has 1 amide bonds. The van der Waals surface area contributed by atoms with Gasteiger partial charge < -0.3 is 19.3 Å². The number of ether oxygens (including phenoxy) is 1. The number of benzene rings is 1. The van der Waals surface area contributed by atoms with E-state index in [0.717, 1.165) is 44.0 Å². The Labute approximate surface area is 182 Å². The standard InChI is InChI=1S/C22H28N4O2.CH2O2/c1-2-24-12-20(23-17-24)13-25-10-19-11-26(21(14-25)16-28-15-19)22(27)9-8-18-6-4-3-5-7-18;2-1-3/h3-9,12,17,19,21H,2,10-11,13-16H2,1H3;1H,(H,2,3)/b9-8+;/t19-,21-;/m0./s1. The minimum atomic E-state index is -0.250. The van der Waals surface area contributed by atoms with E-state index in [0.29, 0.717) is 19.1 Å². The average molecular weight is 427 g/mol. The predicted molar refractivity (Wildman–Crippen MR) is 117 cm³/mol. The van der Waals surface area contributed by atoms with Crippen LogP contribution in [0.4, 0.5) is 0 Å². The second-order valence-electron chi connectivity index (χ2n) is 7.79. The van der Waals surface area contributed by atoms with Crippen molar-refractivity contribution in [2.75, 3.05) is 32.8 Å². The Hall–Kier alpha value is -2.97. The number of carboxylic acid groups (broad SMARTS) is 1. The molecule has 8 nitrogen and oxygen atoms in total. The molecule has 31 heavy (non-hydrogen) atoms. The Morgan fingerprint density at radius 2 is 2.00 bits per heavy atom. The van der Waals surface area contributed by atoms with Crippen LogP contribution in [0.25, 0.3) is 6.08 Å². The van der Waals surface area contributed by atoms with E-state index < -0.39 is 0 Å². The van der Waals surface area contributed by atoms with Gasteiger partial charge in [-0.25, -0.2) is 4.98 Å². The molecule has 1 aromatic heterocycles. The third-order valence-corrected chi connectivity index (χ3v) is 5.48. The summed E-state index contributed by atoms with van der Waals surface area (Å²) in [6.45, 7) is 7.43. The van der Waals surface area contributed by atoms with Crippen LogP contribution in [-0.2, 0) is 27.4 Å². The molecular weight excluding hydrogens is 396 g/mol. The van der Waals surface area contributed by atoms with E-state index in [4.69, 9.17) is 14.6 Å². The fourth-order valence-electron chi connectivity index (χ4n) is 4.06. The van der Waals surface area contributed by atoms with Crippen molar-refractivity contribution in [3.8, 4) is 0 Å². The van der Waals surface area contributed by atoms with E-state index in [1.165, 1.54) is 0 Å². The highest BCUT2D eigenvalue weighted by molar-refractivity contribution is 5.92. The van der Waals surface area contributed by atoms with Gasteiger partial charge in [0.2, 0.25) is 5.91 Å². The fourth-order valence-corrected chi connectivity index (χ4v) is 4.06. The van der Waals surface area contributed by atoms with Crippen molar-refractivity contribution in [1.29, 1.82) is 0 Å². The minimum absolute atomic E-state index is 0.0708. The highest BCUT2D eigenvalue weighted by Crippen LogP contribution is 2.21. The Kier molecular flexibility index (Phi) is 8.37. The number of aryl methyl sites for hydroxylation is 1. The molecule has 1 aromatic carbocycles. The molecule has 3 heterocycles. The summed E-state index contributed by atoms with van der Waals surface area (Å²) < 4.78 is 7.96. The molecule has 166 valence electrons. The third-order valence-electron chi connectivity index (χ3n) is 5.48. The van der Waals surface area contributed by atoms with Crippen molar-refractivity contribution in [2.24, 2.45) is 5.92 Å². The molecule has 2 saturated heterocycles. The van der Waals surface area contributed by atoms with Crippen molar-refractivity contribution < 1.29 is 19.4 Å². The van der Waals surface area contributed by atoms with Crippen LogP contribution in [0.1, 0.15) is 18.2 Å². The third kappa shape index (κ3) is 6.50. The summed E-state index contributed by atoms with van der Waals surface area (Å²) in [6.07, 6.45) is 7.60. The van der Waals surface area contributed by atoms with Crippen LogP contribution < -0.4 is 0 Å². The molecule has 8 heteroatoms. The lowest BCUT2D eigenvalue weighted by Crippen LogP contribution is -2.45. The Bertz CT molecular complexity index is 867. The van der Waals surface area contributed by atoms with Crippen LogP contribution in [0.3, 0.4) is 0 Å². The van der Waals surface area contributed by atoms with Gasteiger partial charge in [0.25, 0.3) is 6.47 Å². The summed E-state index contributed by atoms with van der Waals surface area (Å²) in [4.78, 5) is 30.2. The molecule has 4 rings (SSSR count). The summed E-state index contributed by atoms with van der Waals surface area (Å²) in [6, 6.07) is 10.0. The molecule has 2 bridgehead atoms. The van der Waals surface area contributed by atoms with Crippen LogP contribution >= 0.6 is 0 Å². The van der Waals surface area contributed by atoms with Gasteiger partial charge in [-0.15, -0.1) is 0 Å². The van der Waals surface area contributed by atoms with Gasteiger partial charge in [-0.1, -0.05) is 30.3 Å². The molecular formula is C23H30N4O4. The molecule has 2 aliphatic heterocycles. The van der Waals surface area contributed by atoms with E-state index >= 15 is 0 Å². The lowest BCUT2D eigenvalue weighted by atomic mass is 10.1. The van der Waals surface area contributed by atoms with E-state index in [1.807, 2.05) is 47.6 Å². The second kappa shape index (κ2) is 11.4. The number of hydrogen-bond acceptors (Lipinski definition) is 5. The molecule has 0 unspecified atom stereocenters. The molecule has 0 saturated carbocycles. The first kappa shape index (κ1) is 22.7. The van der Waals surface area contributed by atoms with Crippen molar-refractivity contribution in [2.45, 2.75) is 26.1 Å². The van der Waals surface area contributed by atoms with Gasteiger partial charge >= 0.3 is 0 Å². The van der Waals surface area contributed by atoms with Gasteiger partial charge in [-0.05, 0) is 18.6 Å². The van der Waals surface area contributed by atoms with Crippen LogP contribution in [0, 0.1) is 5.92 Å². The van der Waals surface area contributed by atoms with Gasteiger partial charge in [0.15, 0.2) is 0 Å². The number of carbonyl (C=O) groups is 2. The van der Waals surface area contributed by atoms with Crippen molar-refractivity contribution in [1.82, 2.24) is 19.4 Å². The maximum Gasteiger partial charge on any atom is 0.290 e. The Balaban J connectivity index is 0.000000858. The number of aromatic nitrogens is 2. The lowest BCUT2D eigenvalue weighted by Gasteiger charge is -2.30. The summed E-state index contributed by atoms with van der Waals surface area (Å²) >= 11 is 0. The summed E-state index contributed by atoms with van der Waals surface area (Å²) in [5.41, 5.74) is 2.13. The number of nitrogens with zero attached hydrogens (tertiary/aromatic N) is 4. The number of fused-ring (bicyclic) bond motifs is 3. The summed E-state index contributed by atoms with van der Waals surface area (Å²) in [5, 5.41) is 6.89. The van der Waals surface area contributed by atoms with Crippen LogP contribution in [0.2, 0.25) is 0 Å². The zero-order valence-corrected chi connectivity index (χ0v) is 17.8. The Morgan fingerprint density at radius 1 is 1.23 bits per heavy atom. The molecule has 1 N–H and O–H groups in total. The van der Waals surface area contributed by atoms with Crippen LogP contribution in [0.5, 0.6) is 0 Å². The maximum atomic E-state index is 12.9. The van der Waals surface area contributed by atoms with Gasteiger partial charge in [0, 0.05) is 50.9 Å². The van der Waals surface area contributed by atoms with Gasteiger partial charge in [0.05, 0.1) is 31.3 Å². The van der Waals surface area contributed by atoms with Crippen molar-refractivity contribution >= 4 is 18.5 Å². The zero-order valence-electron chi connectivity index (χ0n) is 17.8. The van der Waals surface area contributed by atoms with Crippen LogP contribution in [-0.4, -0.2) is 75.7 Å². The number of carbonyl (C=O) groups excluding carboxylic acids is 1. The SMILES string of the molecule is CCn1cnc(CN2C[C@@H]3COC[C@H](C2)N(C(=O)/C=C/c2ccccc2)C3)c1.O=CO. The molecule has 2 aromatic rings. The normalized spacial score (nSPS) is 21.3. The number of amides is 1. The maximum absolute atomic E-state index is 12.9. The lowest BCUT2D eigenvalue weighted by molar-refractivity contribution is -0.128. The van der Waals surface area contributed by atoms with Gasteiger partial charge in [-0.2, -0.15) is 0 Å². The molecule has 2 aliphatic rings. The van der Waals surface area contributed by atoms with E-state index in [-0.39, 0.29) is 18.4 Å². The molecule has 0 spiro atoms. The number of rotatable bonds is 5. The fraction of sp³-hybridized carbons (Fsp3) is 0.435. The molecule has 2 fully saturated rings. The highest BCUT2D eigenvalue weighted by Gasteiger charge is 2.35. The van der Waals surface area contributed by atoms with Gasteiger partial charge in [-0.3, -0.25) is 14.5 Å². The van der Waals surface area contributed by atoms with Crippen molar-refractivity contribution in [3.63, 3.8) is 0 Å². The monoisotopic (exact) mass is 426 g/mol. The minimum Gasteiger partial charge on any atom is -0.483 e. The number of hydrogen-bond donors (Lipinski definition) is 1. The zero-order chi connectivity index (χ0) is 22.1. The first-order chi connectivity index (χ1) is 15.1.